The number of nitrogens with one attached hydrogen (secondary N) is 1. The second-order valence-corrected chi connectivity index (χ2v) is 33.0. The molecule has 5 aromatic carbocycles. The number of aromatic nitrogens is 4. The average Bonchev–Trinajstić information content (AvgIpc) is 1.76. The van der Waals surface area contributed by atoms with E-state index in [0.717, 1.165) is 93.4 Å². The Bertz CT molecular complexity index is 4780. The van der Waals surface area contributed by atoms with E-state index in [1.54, 1.807) is 56.9 Å². The molecular formula is C90H98Br4ClN7O13. The van der Waals surface area contributed by atoms with E-state index in [1.807, 2.05) is 140 Å². The first-order valence-corrected chi connectivity index (χ1v) is 40.9. The van der Waals surface area contributed by atoms with E-state index in [4.69, 9.17) is 64.2 Å². The minimum atomic E-state index is -0.445. The summed E-state index contributed by atoms with van der Waals surface area (Å²) in [5.41, 5.74) is 13.1. The van der Waals surface area contributed by atoms with Crippen molar-refractivity contribution in [2.45, 2.75) is 142 Å². The van der Waals surface area contributed by atoms with Gasteiger partial charge in [0, 0.05) is 95.4 Å². The zero-order valence-electron chi connectivity index (χ0n) is 67.4. The van der Waals surface area contributed by atoms with Crippen molar-refractivity contribution in [3.8, 4) is 46.5 Å². The Morgan fingerprint density at radius 1 is 0.478 bits per heavy atom. The number of esters is 1. The molecule has 0 saturated carbocycles. The van der Waals surface area contributed by atoms with Crippen LogP contribution in [-0.2, 0) is 48.8 Å². The van der Waals surface area contributed by atoms with Gasteiger partial charge in [-0.15, -0.1) is 0 Å². The first-order valence-electron chi connectivity index (χ1n) is 37.4. The number of hydrogen-bond donors (Lipinski definition) is 1. The van der Waals surface area contributed by atoms with Gasteiger partial charge in [0.1, 0.15) is 33.2 Å². The molecule has 0 unspecified atom stereocenters. The molecule has 606 valence electrons. The summed E-state index contributed by atoms with van der Waals surface area (Å²) in [7, 11) is 12.8. The minimum Gasteiger partial charge on any atom is -0.497 e. The van der Waals surface area contributed by atoms with Crippen LogP contribution in [0.15, 0.2) is 194 Å². The monoisotopic (exact) mass is 1840 g/mol. The van der Waals surface area contributed by atoms with Crippen molar-refractivity contribution in [2.24, 2.45) is 0 Å². The van der Waals surface area contributed by atoms with Crippen molar-refractivity contribution in [1.82, 2.24) is 35.1 Å². The van der Waals surface area contributed by atoms with Crippen LogP contribution >= 0.6 is 75.3 Å². The SMILES string of the molecule is COc1ccc(CN2C(=O)CC[C@@H]2/C=C(\c2ccc(C)cc2)c2ccc(Br)c(OC)n2)c(OC)c1.COc1ccc(CN2C(=O)CC[C@@H]2/C=C(\c2ccc(Cl)cc2)c2ccc(Br)c(OC)n2)c(OC)c1.COc1nc(/C(=C/[C@H]2CCC(=O)N2)c2ccc(C(C)(C)C)cc2)ccc1Br.COc1nc(Br)ccc1CCC(=O)OC(C)(C)C. The first kappa shape index (κ1) is 89.3. The third-order valence-corrected chi connectivity index (χ3v) is 21.6. The molecule has 0 radical (unpaired) electrons. The molecule has 1 N–H and O–H groups in total. The number of halogens is 5. The van der Waals surface area contributed by atoms with Crippen LogP contribution in [-0.4, -0.2) is 134 Å². The smallest absolute Gasteiger partial charge is 0.306 e. The van der Waals surface area contributed by atoms with Gasteiger partial charge in [0.2, 0.25) is 41.2 Å². The predicted molar refractivity (Wildman–Crippen MR) is 465 cm³/mol. The molecule has 7 heterocycles. The molecule has 25 heteroatoms. The topological polar surface area (TPSA) is 221 Å². The van der Waals surface area contributed by atoms with E-state index in [2.05, 4.69) is 173 Å². The van der Waals surface area contributed by atoms with Crippen LogP contribution < -0.4 is 43.2 Å². The second-order valence-electron chi connectivity index (χ2n) is 29.2. The molecule has 3 aliphatic rings. The summed E-state index contributed by atoms with van der Waals surface area (Å²) in [6.45, 7) is 15.1. The molecule has 3 saturated heterocycles. The van der Waals surface area contributed by atoms with Crippen LogP contribution in [0.3, 0.4) is 0 Å². The van der Waals surface area contributed by atoms with Crippen LogP contribution in [0, 0.1) is 6.92 Å². The van der Waals surface area contributed by atoms with Crippen molar-refractivity contribution in [2.75, 3.05) is 56.9 Å². The summed E-state index contributed by atoms with van der Waals surface area (Å²) in [4.78, 5) is 71.2. The molecule has 0 aliphatic carbocycles. The molecule has 0 bridgehead atoms. The third kappa shape index (κ3) is 25.0. The van der Waals surface area contributed by atoms with Crippen LogP contribution in [0.4, 0.5) is 0 Å². The zero-order chi connectivity index (χ0) is 83.3. The van der Waals surface area contributed by atoms with Crippen LogP contribution in [0.1, 0.15) is 148 Å². The number of carbonyl (C=O) groups excluding carboxylic acids is 4. The lowest BCUT2D eigenvalue weighted by molar-refractivity contribution is -0.154. The van der Waals surface area contributed by atoms with E-state index in [-0.39, 0.29) is 47.2 Å². The molecule has 4 aromatic heterocycles. The van der Waals surface area contributed by atoms with Crippen LogP contribution in [0.25, 0.3) is 16.7 Å². The van der Waals surface area contributed by atoms with Gasteiger partial charge in [-0.1, -0.05) is 123 Å². The molecule has 0 spiro atoms. The first-order chi connectivity index (χ1) is 54.9. The van der Waals surface area contributed by atoms with E-state index in [9.17, 15) is 19.2 Å². The third-order valence-electron chi connectivity index (χ3n) is 19.1. The standard InChI is InChI=1S/C28H29BrN2O4.C27H26BrClN2O4.C22H25BrN2O2.C13H18BrNO3/c1-18-5-7-19(8-6-18)23(25-13-12-24(29)28(30-25)35-4)15-21-10-14-27(32)31(21)17-20-9-11-22(33-2)16-26(20)34-3;1-33-21-10-6-18(25(15-21)34-2)16-31-20(9-13-26(31)32)14-22(17-4-7-19(29)8-5-17)24-12-11-23(28)27(30-24)35-3;1-22(2,3)15-7-5-14(6-8-15)17(13-16-9-12-20(26)24-16)19-11-10-18(23)21(25-19)27-4;1-13(2,3)18-11(16)8-6-9-5-7-10(14)15-12(9)17-4/h5-9,11-13,15-16,21H,10,14,17H2,1-4H3;4-8,10-12,14-15,20H,9,13,16H2,1-3H3;5-8,10-11,13,16H,9,12H2,1-4H3,(H,24,26);5,7H,6,8H2,1-4H3/b23-15+;22-14+;17-13+;/t21-;20-;16-;/m111./s1. The van der Waals surface area contributed by atoms with Gasteiger partial charge < -0.3 is 57.7 Å². The van der Waals surface area contributed by atoms with Gasteiger partial charge in [0.25, 0.3) is 0 Å². The quantitative estimate of drug-likeness (QED) is 0.0439. The summed E-state index contributed by atoms with van der Waals surface area (Å²) in [5.74, 6) is 4.98. The highest BCUT2D eigenvalue weighted by atomic mass is 79.9. The second kappa shape index (κ2) is 41.8. The lowest BCUT2D eigenvalue weighted by Gasteiger charge is -2.25. The molecule has 3 aliphatic heterocycles. The lowest BCUT2D eigenvalue weighted by Crippen LogP contribution is -2.31. The van der Waals surface area contributed by atoms with Crippen molar-refractivity contribution in [1.29, 1.82) is 0 Å². The summed E-state index contributed by atoms with van der Waals surface area (Å²) in [6, 6.07) is 51.0. The highest BCUT2D eigenvalue weighted by Crippen LogP contribution is 2.39. The van der Waals surface area contributed by atoms with Gasteiger partial charge in [-0.3, -0.25) is 19.2 Å². The van der Waals surface area contributed by atoms with Gasteiger partial charge in [-0.25, -0.2) is 19.9 Å². The van der Waals surface area contributed by atoms with Gasteiger partial charge in [-0.05, 0) is 224 Å². The maximum absolute atomic E-state index is 12.9. The summed E-state index contributed by atoms with van der Waals surface area (Å²) in [5, 5.41) is 3.67. The van der Waals surface area contributed by atoms with Crippen molar-refractivity contribution in [3.05, 3.63) is 261 Å². The molecule has 3 amide bonds. The maximum Gasteiger partial charge on any atom is 0.306 e. The average molecular weight is 1840 g/mol. The number of carbonyl (C=O) groups is 4. The van der Waals surface area contributed by atoms with Gasteiger partial charge in [0.05, 0.1) is 99.5 Å². The molecule has 20 nitrogen and oxygen atoms in total. The summed E-state index contributed by atoms with van der Waals surface area (Å²) < 4.78 is 51.5. The molecule has 9 aromatic rings. The Kier molecular flexibility index (Phi) is 32.5. The number of methoxy groups -OCH3 is 8. The fourth-order valence-corrected chi connectivity index (χ4v) is 14.6. The Balaban J connectivity index is 0.000000180. The van der Waals surface area contributed by atoms with Crippen molar-refractivity contribution in [3.63, 3.8) is 0 Å². The number of rotatable bonds is 24. The fraction of sp³-hybridized carbons (Fsp3) is 0.333. The number of nitrogens with zero attached hydrogens (tertiary/aromatic N) is 6. The Morgan fingerprint density at radius 2 is 0.896 bits per heavy atom. The Hall–Kier alpha value is -9.59. The normalized spacial score (nSPS) is 15.6. The summed E-state index contributed by atoms with van der Waals surface area (Å²) in [6.07, 6.45) is 11.0. The molecule has 12 rings (SSSR count). The molecule has 3 atom stereocenters. The number of hydrogen-bond acceptors (Lipinski definition) is 17. The number of aryl methyl sites for hydroxylation is 2. The van der Waals surface area contributed by atoms with E-state index in [1.165, 1.54) is 11.1 Å². The highest BCUT2D eigenvalue weighted by Gasteiger charge is 2.34. The zero-order valence-corrected chi connectivity index (χ0v) is 74.5. The largest absolute Gasteiger partial charge is 0.497 e. The van der Waals surface area contributed by atoms with Crippen molar-refractivity contribution < 1.29 is 61.8 Å². The van der Waals surface area contributed by atoms with Gasteiger partial charge in [0.15, 0.2) is 0 Å². The fourth-order valence-electron chi connectivity index (χ4n) is 13.0. The molecule has 3 fully saturated rings. The molecule has 115 heavy (non-hydrogen) atoms. The number of benzene rings is 5. The van der Waals surface area contributed by atoms with E-state index in [0.29, 0.717) is 108 Å². The summed E-state index contributed by atoms with van der Waals surface area (Å²) >= 11 is 19.8. The van der Waals surface area contributed by atoms with Crippen LogP contribution in [0.2, 0.25) is 5.02 Å². The van der Waals surface area contributed by atoms with Crippen molar-refractivity contribution >= 4 is 116 Å². The molecular weight excluding hydrogens is 1740 g/mol. The van der Waals surface area contributed by atoms with Crippen LogP contribution in [0.5, 0.6) is 46.5 Å². The predicted octanol–water partition coefficient (Wildman–Crippen LogP) is 19.9. The number of likely N-dealkylation sites (tertiary alicyclic amines) is 2. The number of amides is 3. The number of pyridine rings is 4. The lowest BCUT2D eigenvalue weighted by atomic mass is 9.86. The Labute approximate surface area is 713 Å². The van der Waals surface area contributed by atoms with Gasteiger partial charge in [-0.2, -0.15) is 0 Å². The minimum absolute atomic E-state index is 0.0197. The maximum atomic E-state index is 12.9. The number of ether oxygens (including phenoxy) is 9. The van der Waals surface area contributed by atoms with E-state index >= 15 is 0 Å². The van der Waals surface area contributed by atoms with E-state index < -0.39 is 5.60 Å². The Morgan fingerprint density at radius 3 is 1.29 bits per heavy atom. The highest BCUT2D eigenvalue weighted by molar-refractivity contribution is 9.11. The van der Waals surface area contributed by atoms with Gasteiger partial charge >= 0.3 is 5.97 Å².